The molecule has 110 valence electrons. The van der Waals surface area contributed by atoms with Gasteiger partial charge in [0.1, 0.15) is 6.61 Å². The molecular formula is C13H15ClO5S. The highest BCUT2D eigenvalue weighted by Crippen LogP contribution is 2.23. The van der Waals surface area contributed by atoms with Crippen molar-refractivity contribution in [2.45, 2.75) is 23.8 Å². The average molecular weight is 319 g/mol. The summed E-state index contributed by atoms with van der Waals surface area (Å²) >= 11 is 5.81. The van der Waals surface area contributed by atoms with E-state index in [1.54, 1.807) is 0 Å². The Hall–Kier alpha value is -1.11. The zero-order valence-electron chi connectivity index (χ0n) is 11.0. The highest BCUT2D eigenvalue weighted by Gasteiger charge is 2.20. The molecule has 1 aromatic carbocycles. The first-order chi connectivity index (χ1) is 9.38. The minimum absolute atomic E-state index is 0.0689. The number of ether oxygens (including phenoxy) is 2. The summed E-state index contributed by atoms with van der Waals surface area (Å²) in [6.45, 7) is 0.858. The summed E-state index contributed by atoms with van der Waals surface area (Å²) in [6, 6.07) is 4.05. The first-order valence-electron chi connectivity index (χ1n) is 6.16. The van der Waals surface area contributed by atoms with Crippen molar-refractivity contribution in [3.63, 3.8) is 0 Å². The van der Waals surface area contributed by atoms with Crippen molar-refractivity contribution in [3.8, 4) is 0 Å². The Morgan fingerprint density at radius 2 is 2.25 bits per heavy atom. The quantitative estimate of drug-likeness (QED) is 0.795. The molecular weight excluding hydrogens is 304 g/mol. The van der Waals surface area contributed by atoms with Gasteiger partial charge in [0.05, 0.1) is 21.6 Å². The summed E-state index contributed by atoms with van der Waals surface area (Å²) in [6.07, 6.45) is 2.79. The fourth-order valence-electron chi connectivity index (χ4n) is 1.94. The zero-order valence-corrected chi connectivity index (χ0v) is 12.5. The van der Waals surface area contributed by atoms with Crippen molar-refractivity contribution in [3.05, 3.63) is 28.8 Å². The van der Waals surface area contributed by atoms with Gasteiger partial charge in [-0.3, -0.25) is 0 Å². The van der Waals surface area contributed by atoms with Gasteiger partial charge in [-0.2, -0.15) is 0 Å². The molecule has 1 aromatic rings. The molecule has 1 unspecified atom stereocenters. The molecule has 1 aliphatic heterocycles. The Morgan fingerprint density at radius 1 is 1.50 bits per heavy atom. The van der Waals surface area contributed by atoms with Gasteiger partial charge >= 0.3 is 5.97 Å². The van der Waals surface area contributed by atoms with E-state index in [-0.39, 0.29) is 28.2 Å². The lowest BCUT2D eigenvalue weighted by Gasteiger charge is -2.11. The van der Waals surface area contributed by atoms with Gasteiger partial charge < -0.3 is 9.47 Å². The largest absolute Gasteiger partial charge is 0.459 e. The second kappa shape index (κ2) is 6.11. The molecule has 0 bridgehead atoms. The van der Waals surface area contributed by atoms with Crippen LogP contribution < -0.4 is 0 Å². The molecule has 0 N–H and O–H groups in total. The van der Waals surface area contributed by atoms with Gasteiger partial charge in [-0.25, -0.2) is 13.2 Å². The van der Waals surface area contributed by atoms with E-state index in [1.807, 2.05) is 0 Å². The number of hydrogen-bond donors (Lipinski definition) is 0. The Labute approximate surface area is 122 Å². The van der Waals surface area contributed by atoms with E-state index in [4.69, 9.17) is 21.1 Å². The second-order valence-electron chi connectivity index (χ2n) is 4.65. The molecule has 5 nitrogen and oxygen atoms in total. The summed E-state index contributed by atoms with van der Waals surface area (Å²) < 4.78 is 33.5. The van der Waals surface area contributed by atoms with Crippen LogP contribution in [-0.4, -0.2) is 40.0 Å². The molecule has 1 fully saturated rings. The molecule has 1 aliphatic rings. The molecule has 7 heteroatoms. The summed E-state index contributed by atoms with van der Waals surface area (Å²) in [5, 5.41) is 0.0863. The van der Waals surface area contributed by atoms with Crippen LogP contribution in [0, 0.1) is 0 Å². The Morgan fingerprint density at radius 3 is 2.85 bits per heavy atom. The van der Waals surface area contributed by atoms with Gasteiger partial charge in [0.25, 0.3) is 0 Å². The highest BCUT2D eigenvalue weighted by atomic mass is 35.5. The molecule has 1 saturated heterocycles. The fourth-order valence-corrected chi connectivity index (χ4v) is 3.24. The monoisotopic (exact) mass is 318 g/mol. The van der Waals surface area contributed by atoms with Crippen molar-refractivity contribution in [2.75, 3.05) is 19.5 Å². The molecule has 2 rings (SSSR count). The molecule has 0 radical (unpaired) electrons. The minimum Gasteiger partial charge on any atom is -0.459 e. The molecule has 0 saturated carbocycles. The molecule has 0 amide bonds. The van der Waals surface area contributed by atoms with Crippen molar-refractivity contribution in [1.29, 1.82) is 0 Å². The predicted octanol–water partition coefficient (Wildman–Crippen LogP) is 2.08. The van der Waals surface area contributed by atoms with Gasteiger partial charge in [-0.1, -0.05) is 11.6 Å². The van der Waals surface area contributed by atoms with Crippen LogP contribution in [0.15, 0.2) is 23.1 Å². The standard InChI is InChI=1S/C13H15ClO5S/c1-20(16,17)12-7-9(4-5-11(12)14)13(15)19-8-10-3-2-6-18-10/h4-5,7,10H,2-3,6,8H2,1H3. The number of halogens is 1. The maximum Gasteiger partial charge on any atom is 0.338 e. The lowest BCUT2D eigenvalue weighted by molar-refractivity contribution is 0.0161. The van der Waals surface area contributed by atoms with E-state index in [9.17, 15) is 13.2 Å². The van der Waals surface area contributed by atoms with Gasteiger partial charge in [0.2, 0.25) is 0 Å². The van der Waals surface area contributed by atoms with Crippen LogP contribution in [0.4, 0.5) is 0 Å². The van der Waals surface area contributed by atoms with Gasteiger partial charge in [0.15, 0.2) is 9.84 Å². The third kappa shape index (κ3) is 3.71. The van der Waals surface area contributed by atoms with Gasteiger partial charge in [-0.15, -0.1) is 0 Å². The van der Waals surface area contributed by atoms with Crippen LogP contribution in [-0.2, 0) is 19.3 Å². The van der Waals surface area contributed by atoms with Crippen molar-refractivity contribution >= 4 is 27.4 Å². The van der Waals surface area contributed by atoms with E-state index in [0.717, 1.165) is 19.1 Å². The Bertz CT molecular complexity index is 605. The van der Waals surface area contributed by atoms with Crippen molar-refractivity contribution < 1.29 is 22.7 Å². The number of benzene rings is 1. The van der Waals surface area contributed by atoms with E-state index < -0.39 is 15.8 Å². The van der Waals surface area contributed by atoms with Crippen LogP contribution in [0.25, 0.3) is 0 Å². The number of rotatable bonds is 4. The van der Waals surface area contributed by atoms with Gasteiger partial charge in [-0.05, 0) is 31.0 Å². The molecule has 1 heterocycles. The molecule has 0 spiro atoms. The second-order valence-corrected chi connectivity index (χ2v) is 7.04. The van der Waals surface area contributed by atoms with Crippen molar-refractivity contribution in [1.82, 2.24) is 0 Å². The summed E-state index contributed by atoms with van der Waals surface area (Å²) in [4.78, 5) is 11.8. The lowest BCUT2D eigenvalue weighted by Crippen LogP contribution is -2.18. The number of sulfone groups is 1. The molecule has 0 aromatic heterocycles. The highest BCUT2D eigenvalue weighted by molar-refractivity contribution is 7.90. The summed E-state index contributed by atoms with van der Waals surface area (Å²) in [5.41, 5.74) is 0.160. The SMILES string of the molecule is CS(=O)(=O)c1cc(C(=O)OCC2CCCO2)ccc1Cl. The lowest BCUT2D eigenvalue weighted by atomic mass is 10.2. The first-order valence-corrected chi connectivity index (χ1v) is 8.43. The molecule has 1 atom stereocenters. The third-order valence-corrected chi connectivity index (χ3v) is 4.57. The predicted molar refractivity (Wildman–Crippen MR) is 73.8 cm³/mol. The Balaban J connectivity index is 2.10. The van der Waals surface area contributed by atoms with E-state index >= 15 is 0 Å². The number of esters is 1. The number of carbonyl (C=O) groups is 1. The fraction of sp³-hybridized carbons (Fsp3) is 0.462. The van der Waals surface area contributed by atoms with Crippen molar-refractivity contribution in [2.24, 2.45) is 0 Å². The molecule has 0 aliphatic carbocycles. The smallest absolute Gasteiger partial charge is 0.338 e. The minimum atomic E-state index is -3.48. The molecule has 20 heavy (non-hydrogen) atoms. The topological polar surface area (TPSA) is 69.7 Å². The van der Waals surface area contributed by atoms with Crippen LogP contribution in [0.2, 0.25) is 5.02 Å². The van der Waals surface area contributed by atoms with Crippen LogP contribution in [0.1, 0.15) is 23.2 Å². The average Bonchev–Trinajstić information content (AvgIpc) is 2.88. The van der Waals surface area contributed by atoms with Crippen LogP contribution in [0.3, 0.4) is 0 Å². The summed E-state index contributed by atoms with van der Waals surface area (Å²) in [7, 11) is -3.48. The van der Waals surface area contributed by atoms with E-state index in [2.05, 4.69) is 0 Å². The number of hydrogen-bond acceptors (Lipinski definition) is 5. The Kier molecular flexibility index (Phi) is 4.67. The van der Waals surface area contributed by atoms with Crippen LogP contribution in [0.5, 0.6) is 0 Å². The first kappa shape index (κ1) is 15.3. The van der Waals surface area contributed by atoms with Crippen LogP contribution >= 0.6 is 11.6 Å². The van der Waals surface area contributed by atoms with E-state index in [1.165, 1.54) is 18.2 Å². The maximum atomic E-state index is 11.9. The normalized spacial score (nSPS) is 19.0. The number of carbonyl (C=O) groups excluding carboxylic acids is 1. The summed E-state index contributed by atoms with van der Waals surface area (Å²) in [5.74, 6) is -0.581. The zero-order chi connectivity index (χ0) is 14.8. The van der Waals surface area contributed by atoms with E-state index in [0.29, 0.717) is 6.61 Å². The van der Waals surface area contributed by atoms with Gasteiger partial charge in [0, 0.05) is 12.9 Å². The third-order valence-electron chi connectivity index (χ3n) is 2.99. The maximum absolute atomic E-state index is 11.9.